The lowest BCUT2D eigenvalue weighted by Crippen LogP contribution is -2.08. The molecule has 13 heavy (non-hydrogen) atoms. The molecule has 0 aliphatic carbocycles. The van der Waals surface area contributed by atoms with Gasteiger partial charge in [-0.3, -0.25) is 4.79 Å². The van der Waals surface area contributed by atoms with Gasteiger partial charge in [-0.05, 0) is 17.7 Å². The molecule has 0 aliphatic rings. The summed E-state index contributed by atoms with van der Waals surface area (Å²) >= 11 is 11.5. The Morgan fingerprint density at radius 3 is 2.38 bits per heavy atom. The largest absolute Gasteiger partial charge is 0.468 e. The minimum atomic E-state index is -0.762. The van der Waals surface area contributed by atoms with Crippen LogP contribution in [-0.4, -0.2) is 13.1 Å². The van der Waals surface area contributed by atoms with Crippen LogP contribution >= 0.6 is 23.2 Å². The van der Waals surface area contributed by atoms with Crippen LogP contribution in [0.3, 0.4) is 0 Å². The van der Waals surface area contributed by atoms with E-state index in [1.54, 1.807) is 24.3 Å². The molecule has 1 aromatic rings. The van der Waals surface area contributed by atoms with Gasteiger partial charge in [-0.25, -0.2) is 0 Å². The topological polar surface area (TPSA) is 26.3 Å². The van der Waals surface area contributed by atoms with Crippen molar-refractivity contribution in [2.45, 2.75) is 5.38 Å². The van der Waals surface area contributed by atoms with Crippen molar-refractivity contribution in [3.63, 3.8) is 0 Å². The van der Waals surface area contributed by atoms with Gasteiger partial charge in [0, 0.05) is 5.02 Å². The number of halogens is 2. The molecule has 2 nitrogen and oxygen atoms in total. The van der Waals surface area contributed by atoms with E-state index in [4.69, 9.17) is 23.2 Å². The average molecular weight is 219 g/mol. The van der Waals surface area contributed by atoms with E-state index in [0.29, 0.717) is 10.6 Å². The van der Waals surface area contributed by atoms with Gasteiger partial charge in [-0.15, -0.1) is 11.6 Å². The van der Waals surface area contributed by atoms with Crippen LogP contribution in [0, 0.1) is 0 Å². The smallest absolute Gasteiger partial charge is 0.328 e. The van der Waals surface area contributed by atoms with Crippen molar-refractivity contribution in [2.24, 2.45) is 0 Å². The predicted octanol–water partition coefficient (Wildman–Crippen LogP) is 2.79. The number of carbonyl (C=O) groups excluding carboxylic acids is 1. The molecule has 0 amide bonds. The van der Waals surface area contributed by atoms with E-state index in [1.165, 1.54) is 7.11 Å². The Hall–Kier alpha value is -0.730. The molecule has 0 saturated carbocycles. The summed E-state index contributed by atoms with van der Waals surface area (Å²) in [6.45, 7) is 0. The van der Waals surface area contributed by atoms with Crippen LogP contribution in [-0.2, 0) is 9.53 Å². The highest BCUT2D eigenvalue weighted by Gasteiger charge is 2.17. The summed E-state index contributed by atoms with van der Waals surface area (Å²) in [5.74, 6) is -0.469. The zero-order valence-corrected chi connectivity index (χ0v) is 8.47. The number of benzene rings is 1. The van der Waals surface area contributed by atoms with Crippen molar-refractivity contribution in [1.82, 2.24) is 0 Å². The molecule has 1 unspecified atom stereocenters. The number of methoxy groups -OCH3 is 1. The number of ether oxygens (including phenoxy) is 1. The van der Waals surface area contributed by atoms with E-state index >= 15 is 0 Å². The summed E-state index contributed by atoms with van der Waals surface area (Å²) in [6, 6.07) is 6.73. The van der Waals surface area contributed by atoms with Crippen LogP contribution in [0.4, 0.5) is 0 Å². The second-order valence-corrected chi connectivity index (χ2v) is 3.31. The molecule has 0 radical (unpaired) electrons. The molecule has 0 aliphatic heterocycles. The molecule has 0 spiro atoms. The van der Waals surface area contributed by atoms with Gasteiger partial charge in [0.1, 0.15) is 0 Å². The first kappa shape index (κ1) is 10.4. The Morgan fingerprint density at radius 1 is 1.38 bits per heavy atom. The van der Waals surface area contributed by atoms with Crippen LogP contribution in [0.2, 0.25) is 5.02 Å². The molecular weight excluding hydrogens is 211 g/mol. The fourth-order valence-corrected chi connectivity index (χ4v) is 1.23. The molecule has 0 bridgehead atoms. The Labute approximate surface area is 86.4 Å². The third-order valence-electron chi connectivity index (χ3n) is 1.57. The monoisotopic (exact) mass is 218 g/mol. The first-order valence-corrected chi connectivity index (χ1v) is 4.44. The van der Waals surface area contributed by atoms with E-state index < -0.39 is 11.3 Å². The Bertz CT molecular complexity index is 295. The molecule has 0 N–H and O–H groups in total. The molecule has 70 valence electrons. The van der Waals surface area contributed by atoms with E-state index in [1.807, 2.05) is 0 Å². The molecule has 1 rings (SSSR count). The maximum atomic E-state index is 11.0. The van der Waals surface area contributed by atoms with Crippen molar-refractivity contribution >= 4 is 29.2 Å². The SMILES string of the molecule is COC(=O)C(Cl)c1ccc(Cl)cc1. The van der Waals surface area contributed by atoms with Crippen LogP contribution in [0.5, 0.6) is 0 Å². The second kappa shape index (κ2) is 4.49. The van der Waals surface area contributed by atoms with Crippen molar-refractivity contribution in [2.75, 3.05) is 7.11 Å². The van der Waals surface area contributed by atoms with Gasteiger partial charge in [0.2, 0.25) is 0 Å². The molecule has 1 aromatic carbocycles. The number of rotatable bonds is 2. The van der Waals surface area contributed by atoms with Gasteiger partial charge >= 0.3 is 5.97 Å². The number of hydrogen-bond donors (Lipinski definition) is 0. The second-order valence-electron chi connectivity index (χ2n) is 2.44. The lowest BCUT2D eigenvalue weighted by Gasteiger charge is -2.06. The third kappa shape index (κ3) is 2.61. The maximum Gasteiger partial charge on any atom is 0.328 e. The maximum absolute atomic E-state index is 11.0. The fraction of sp³-hybridized carbons (Fsp3) is 0.222. The van der Waals surface area contributed by atoms with Crippen LogP contribution in [0.15, 0.2) is 24.3 Å². The fourth-order valence-electron chi connectivity index (χ4n) is 0.871. The van der Waals surface area contributed by atoms with Crippen molar-refractivity contribution in [3.05, 3.63) is 34.9 Å². The normalized spacial score (nSPS) is 12.2. The Morgan fingerprint density at radius 2 is 1.92 bits per heavy atom. The highest BCUT2D eigenvalue weighted by molar-refractivity contribution is 6.31. The first-order chi connectivity index (χ1) is 6.15. The van der Waals surface area contributed by atoms with Gasteiger partial charge in [-0.1, -0.05) is 23.7 Å². The number of esters is 1. The quantitative estimate of drug-likeness (QED) is 0.564. The summed E-state index contributed by atoms with van der Waals surface area (Å²) in [5, 5.41) is -0.153. The average Bonchev–Trinajstić information content (AvgIpc) is 2.17. The zero-order valence-electron chi connectivity index (χ0n) is 6.96. The summed E-state index contributed by atoms with van der Waals surface area (Å²) in [6.07, 6.45) is 0. The van der Waals surface area contributed by atoms with Gasteiger partial charge in [0.15, 0.2) is 5.38 Å². The van der Waals surface area contributed by atoms with Gasteiger partial charge in [-0.2, -0.15) is 0 Å². The third-order valence-corrected chi connectivity index (χ3v) is 2.25. The number of alkyl halides is 1. The summed E-state index contributed by atoms with van der Waals surface area (Å²) < 4.78 is 4.49. The lowest BCUT2D eigenvalue weighted by atomic mass is 10.1. The Kier molecular flexibility index (Phi) is 3.58. The van der Waals surface area contributed by atoms with E-state index in [-0.39, 0.29) is 0 Å². The summed E-state index contributed by atoms with van der Waals surface area (Å²) in [4.78, 5) is 11.0. The van der Waals surface area contributed by atoms with Gasteiger partial charge in [0.25, 0.3) is 0 Å². The standard InChI is InChI=1S/C9H8Cl2O2/c1-13-9(12)8(11)6-2-4-7(10)5-3-6/h2-5,8H,1H3. The molecule has 1 atom stereocenters. The van der Waals surface area contributed by atoms with E-state index in [2.05, 4.69) is 4.74 Å². The minimum absolute atomic E-state index is 0.469. The molecule has 0 fully saturated rings. The van der Waals surface area contributed by atoms with E-state index in [0.717, 1.165) is 0 Å². The summed E-state index contributed by atoms with van der Waals surface area (Å²) in [5.41, 5.74) is 0.679. The molecular formula is C9H8Cl2O2. The predicted molar refractivity (Wildman–Crippen MR) is 52.1 cm³/mol. The number of carbonyl (C=O) groups is 1. The highest BCUT2D eigenvalue weighted by Crippen LogP contribution is 2.22. The van der Waals surface area contributed by atoms with Crippen molar-refractivity contribution in [1.29, 1.82) is 0 Å². The van der Waals surface area contributed by atoms with Gasteiger partial charge in [0.05, 0.1) is 7.11 Å². The zero-order chi connectivity index (χ0) is 9.84. The van der Waals surface area contributed by atoms with Crippen molar-refractivity contribution in [3.8, 4) is 0 Å². The molecule has 0 aromatic heterocycles. The first-order valence-electron chi connectivity index (χ1n) is 3.62. The van der Waals surface area contributed by atoms with Crippen LogP contribution < -0.4 is 0 Å². The van der Waals surface area contributed by atoms with E-state index in [9.17, 15) is 4.79 Å². The summed E-state index contributed by atoms with van der Waals surface area (Å²) in [7, 11) is 1.30. The molecule has 4 heteroatoms. The van der Waals surface area contributed by atoms with Crippen molar-refractivity contribution < 1.29 is 9.53 Å². The van der Waals surface area contributed by atoms with Crippen LogP contribution in [0.25, 0.3) is 0 Å². The number of hydrogen-bond acceptors (Lipinski definition) is 2. The molecule has 0 heterocycles. The highest BCUT2D eigenvalue weighted by atomic mass is 35.5. The minimum Gasteiger partial charge on any atom is -0.468 e. The lowest BCUT2D eigenvalue weighted by molar-refractivity contribution is -0.140. The van der Waals surface area contributed by atoms with Crippen LogP contribution in [0.1, 0.15) is 10.9 Å². The molecule has 0 saturated heterocycles. The Balaban J connectivity index is 2.83. The van der Waals surface area contributed by atoms with Gasteiger partial charge < -0.3 is 4.74 Å².